The summed E-state index contributed by atoms with van der Waals surface area (Å²) >= 11 is 5.98. The van der Waals surface area contributed by atoms with Crippen molar-refractivity contribution < 1.29 is 19.5 Å². The van der Waals surface area contributed by atoms with Crippen molar-refractivity contribution in [3.05, 3.63) is 41.4 Å². The summed E-state index contributed by atoms with van der Waals surface area (Å²) in [6.45, 7) is 5.76. The highest BCUT2D eigenvalue weighted by Crippen LogP contribution is 2.46. The number of benzene rings is 1. The maximum absolute atomic E-state index is 14.0. The summed E-state index contributed by atoms with van der Waals surface area (Å²) in [5.41, 5.74) is 0.570. The highest BCUT2D eigenvalue weighted by molar-refractivity contribution is 6.30. The number of halogens is 1. The highest BCUT2D eigenvalue weighted by Gasteiger charge is 2.58. The maximum Gasteiger partial charge on any atom is 0.247 e. The molecule has 3 N–H and O–H groups in total. The van der Waals surface area contributed by atoms with Crippen LogP contribution in [0.25, 0.3) is 0 Å². The van der Waals surface area contributed by atoms with E-state index in [2.05, 4.69) is 17.6 Å². The van der Waals surface area contributed by atoms with Gasteiger partial charge in [0.15, 0.2) is 0 Å². The fraction of sp³-hybridized carbons (Fsp3) is 0.577. The van der Waals surface area contributed by atoms with Crippen molar-refractivity contribution in [3.8, 4) is 0 Å². The molecule has 1 aliphatic heterocycles. The number of aliphatic hydroxyl groups excluding tert-OH is 1. The summed E-state index contributed by atoms with van der Waals surface area (Å²) in [6, 6.07) is 5.43. The van der Waals surface area contributed by atoms with Crippen LogP contribution in [0, 0.1) is 29.6 Å². The molecule has 2 aliphatic rings. The molecule has 0 bridgehead atoms. The average Bonchev–Trinajstić information content (AvgIpc) is 3.12. The minimum Gasteiger partial charge on any atom is -0.394 e. The average molecular weight is 490 g/mol. The first kappa shape index (κ1) is 26.2. The lowest BCUT2D eigenvalue weighted by Crippen LogP contribution is -2.52. The van der Waals surface area contributed by atoms with Gasteiger partial charge in [-0.05, 0) is 42.5 Å². The van der Waals surface area contributed by atoms with E-state index in [1.807, 2.05) is 26.0 Å². The van der Waals surface area contributed by atoms with Gasteiger partial charge in [0, 0.05) is 23.7 Å². The van der Waals surface area contributed by atoms with Gasteiger partial charge in [0.1, 0.15) is 6.04 Å². The van der Waals surface area contributed by atoms with Crippen molar-refractivity contribution >= 4 is 35.0 Å². The van der Waals surface area contributed by atoms with Gasteiger partial charge in [-0.25, -0.2) is 0 Å². The molecule has 8 heteroatoms. The molecule has 1 fully saturated rings. The smallest absolute Gasteiger partial charge is 0.247 e. The molecule has 3 rings (SSSR count). The number of aliphatic hydroxyl groups is 1. The van der Waals surface area contributed by atoms with Crippen LogP contribution >= 0.6 is 11.6 Å². The largest absolute Gasteiger partial charge is 0.394 e. The van der Waals surface area contributed by atoms with Crippen LogP contribution in [-0.2, 0) is 14.4 Å². The normalized spacial score (nSPS) is 27.8. The van der Waals surface area contributed by atoms with Crippen LogP contribution in [-0.4, -0.2) is 53.5 Å². The number of fused-ring (bicyclic) bond motifs is 1. The minimum absolute atomic E-state index is 0.0196. The second kappa shape index (κ2) is 11.4. The van der Waals surface area contributed by atoms with Gasteiger partial charge in [-0.1, -0.05) is 57.4 Å². The van der Waals surface area contributed by atoms with E-state index in [0.717, 1.165) is 19.3 Å². The topological polar surface area (TPSA) is 98.7 Å². The van der Waals surface area contributed by atoms with Crippen molar-refractivity contribution in [3.63, 3.8) is 0 Å². The van der Waals surface area contributed by atoms with Gasteiger partial charge in [-0.2, -0.15) is 0 Å². The summed E-state index contributed by atoms with van der Waals surface area (Å²) in [5, 5.41) is 16.5. The Morgan fingerprint density at radius 2 is 1.82 bits per heavy atom. The van der Waals surface area contributed by atoms with Gasteiger partial charge < -0.3 is 20.6 Å². The van der Waals surface area contributed by atoms with E-state index in [0.29, 0.717) is 10.7 Å². The highest BCUT2D eigenvalue weighted by atomic mass is 35.5. The fourth-order valence-corrected chi connectivity index (χ4v) is 5.62. The lowest BCUT2D eigenvalue weighted by Gasteiger charge is -2.36. The van der Waals surface area contributed by atoms with Gasteiger partial charge in [0.2, 0.25) is 17.7 Å². The first-order valence-electron chi connectivity index (χ1n) is 12.2. The van der Waals surface area contributed by atoms with E-state index >= 15 is 0 Å². The van der Waals surface area contributed by atoms with Gasteiger partial charge in [-0.15, -0.1) is 0 Å². The van der Waals surface area contributed by atoms with Crippen molar-refractivity contribution in [2.24, 2.45) is 29.6 Å². The molecule has 1 aromatic carbocycles. The zero-order chi connectivity index (χ0) is 25.0. The quantitative estimate of drug-likeness (QED) is 0.462. The number of anilines is 1. The van der Waals surface area contributed by atoms with Crippen LogP contribution in [0.4, 0.5) is 5.69 Å². The Morgan fingerprint density at radius 1 is 1.15 bits per heavy atom. The standard InChI is InChI=1S/C26H36ClN3O4/c1-5-7-16-8-13-19-22(21(16)24(32)28-4)26(34)30(20(14-31)15(3)6-2)23(19)25(33)29-18-11-9-17(27)10-12-18/h8-13,15-16,19-23,31H,5-7,14H2,1-4H3,(H,28,32)(H,29,33)/t15-,16+,19-,20-,21+,22-,23-/m0/s1. The third-order valence-electron chi connectivity index (χ3n) is 7.44. The molecule has 7 nitrogen and oxygen atoms in total. The van der Waals surface area contributed by atoms with Gasteiger partial charge >= 0.3 is 0 Å². The van der Waals surface area contributed by atoms with E-state index in [1.54, 1.807) is 36.2 Å². The predicted molar refractivity (Wildman–Crippen MR) is 133 cm³/mol. The molecule has 3 amide bonds. The third kappa shape index (κ3) is 5.01. The number of amides is 3. The van der Waals surface area contributed by atoms with Crippen molar-refractivity contribution in [2.75, 3.05) is 19.0 Å². The molecular weight excluding hydrogens is 454 g/mol. The molecule has 186 valence electrons. The monoisotopic (exact) mass is 489 g/mol. The number of hydrogen-bond donors (Lipinski definition) is 3. The van der Waals surface area contributed by atoms with E-state index in [4.69, 9.17) is 11.6 Å². The van der Waals surface area contributed by atoms with Gasteiger partial charge in [0.05, 0.1) is 24.5 Å². The Balaban J connectivity index is 2.06. The van der Waals surface area contributed by atoms with E-state index in [1.165, 1.54) is 0 Å². The van der Waals surface area contributed by atoms with Crippen molar-refractivity contribution in [2.45, 2.75) is 52.1 Å². The van der Waals surface area contributed by atoms with Crippen LogP contribution in [0.15, 0.2) is 36.4 Å². The Labute approximate surface area is 206 Å². The van der Waals surface area contributed by atoms with Gasteiger partial charge in [0.25, 0.3) is 0 Å². The summed E-state index contributed by atoms with van der Waals surface area (Å²) in [4.78, 5) is 42.2. The minimum atomic E-state index is -0.828. The van der Waals surface area contributed by atoms with E-state index in [9.17, 15) is 19.5 Å². The van der Waals surface area contributed by atoms with Crippen molar-refractivity contribution in [1.82, 2.24) is 10.2 Å². The SMILES string of the molecule is CCC[C@@H]1C=C[C@H]2[C@H](C(=O)N([C@@H](CO)[C@@H](C)CC)[C@@H]2C(=O)Nc2ccc(Cl)cc2)[C@@H]1C(=O)NC. The predicted octanol–water partition coefficient (Wildman–Crippen LogP) is 3.48. The maximum atomic E-state index is 14.0. The number of hydrogen-bond acceptors (Lipinski definition) is 4. The Kier molecular flexibility index (Phi) is 8.77. The molecule has 1 aliphatic carbocycles. The third-order valence-corrected chi connectivity index (χ3v) is 7.70. The fourth-order valence-electron chi connectivity index (χ4n) is 5.50. The van der Waals surface area contributed by atoms with Gasteiger partial charge in [-0.3, -0.25) is 14.4 Å². The summed E-state index contributed by atoms with van der Waals surface area (Å²) in [6.07, 6.45) is 6.34. The van der Waals surface area contributed by atoms with Crippen LogP contribution in [0.3, 0.4) is 0 Å². The van der Waals surface area contributed by atoms with Crippen molar-refractivity contribution in [1.29, 1.82) is 0 Å². The number of allylic oxidation sites excluding steroid dienone is 1. The number of rotatable bonds is 9. The molecular formula is C26H36ClN3O4. The number of nitrogens with zero attached hydrogens (tertiary/aromatic N) is 1. The van der Waals surface area contributed by atoms with E-state index in [-0.39, 0.29) is 36.2 Å². The number of likely N-dealkylation sites (tertiary alicyclic amines) is 1. The molecule has 1 heterocycles. The molecule has 7 atom stereocenters. The lowest BCUT2D eigenvalue weighted by molar-refractivity contribution is -0.143. The second-order valence-electron chi connectivity index (χ2n) is 9.40. The molecule has 0 unspecified atom stereocenters. The summed E-state index contributed by atoms with van der Waals surface area (Å²) in [7, 11) is 1.58. The van der Waals surface area contributed by atoms with Crippen LogP contribution < -0.4 is 10.6 Å². The number of nitrogens with one attached hydrogen (secondary N) is 2. The molecule has 0 saturated carbocycles. The molecule has 0 spiro atoms. The first-order chi connectivity index (χ1) is 16.3. The first-order valence-corrected chi connectivity index (χ1v) is 12.6. The summed E-state index contributed by atoms with van der Waals surface area (Å²) < 4.78 is 0. The lowest BCUT2D eigenvalue weighted by atomic mass is 9.68. The molecule has 1 saturated heterocycles. The Bertz CT molecular complexity index is 919. The Morgan fingerprint density at radius 3 is 2.38 bits per heavy atom. The Hall–Kier alpha value is -2.38. The second-order valence-corrected chi connectivity index (χ2v) is 9.84. The van der Waals surface area contributed by atoms with E-state index < -0.39 is 29.8 Å². The number of carbonyl (C=O) groups is 3. The number of carbonyl (C=O) groups excluding carboxylic acids is 3. The van der Waals surface area contributed by atoms with Crippen LogP contribution in [0.2, 0.25) is 5.02 Å². The summed E-state index contributed by atoms with van der Waals surface area (Å²) in [5.74, 6) is -2.53. The zero-order valence-corrected chi connectivity index (χ0v) is 21.1. The molecule has 0 aromatic heterocycles. The molecule has 34 heavy (non-hydrogen) atoms. The van der Waals surface area contributed by atoms with Crippen LogP contribution in [0.1, 0.15) is 40.0 Å². The van der Waals surface area contributed by atoms with Crippen LogP contribution in [0.5, 0.6) is 0 Å². The molecule has 0 radical (unpaired) electrons. The molecule has 1 aromatic rings. The zero-order valence-electron chi connectivity index (χ0n) is 20.3.